The summed E-state index contributed by atoms with van der Waals surface area (Å²) in [5.74, 6) is -0.947. The van der Waals surface area contributed by atoms with Gasteiger partial charge in [0.1, 0.15) is 11.8 Å². The van der Waals surface area contributed by atoms with Gasteiger partial charge < -0.3 is 15.2 Å². The summed E-state index contributed by atoms with van der Waals surface area (Å²) in [5.41, 5.74) is 0.785. The van der Waals surface area contributed by atoms with Gasteiger partial charge in [-0.3, -0.25) is 9.00 Å². The van der Waals surface area contributed by atoms with Gasteiger partial charge in [0.15, 0.2) is 0 Å². The largest absolute Gasteiger partial charge is 0.496 e. The van der Waals surface area contributed by atoms with Crippen LogP contribution in [-0.2, 0) is 26.1 Å². The van der Waals surface area contributed by atoms with E-state index in [0.717, 1.165) is 10.0 Å². The van der Waals surface area contributed by atoms with Crippen LogP contribution in [0.15, 0.2) is 22.7 Å². The van der Waals surface area contributed by atoms with Gasteiger partial charge in [-0.25, -0.2) is 4.79 Å². The number of methoxy groups -OCH3 is 1. The summed E-state index contributed by atoms with van der Waals surface area (Å²) in [6.07, 6.45) is 0. The number of hydrogen-bond acceptors (Lipinski definition) is 4. The highest BCUT2D eigenvalue weighted by molar-refractivity contribution is 9.10. The zero-order chi connectivity index (χ0) is 16.0. The monoisotopic (exact) mass is 377 g/mol. The van der Waals surface area contributed by atoms with E-state index >= 15 is 0 Å². The van der Waals surface area contributed by atoms with Crippen molar-refractivity contribution >= 4 is 38.6 Å². The number of carboxylic acids is 1. The Labute approximate surface area is 133 Å². The van der Waals surface area contributed by atoms with Crippen molar-refractivity contribution < 1.29 is 23.6 Å². The number of rotatable bonds is 7. The molecule has 1 rings (SSSR count). The molecule has 116 valence electrons. The lowest BCUT2D eigenvalue weighted by Crippen LogP contribution is -2.43. The molecule has 6 nitrogen and oxygen atoms in total. The van der Waals surface area contributed by atoms with Crippen LogP contribution in [0, 0.1) is 0 Å². The number of amides is 1. The van der Waals surface area contributed by atoms with E-state index in [-0.39, 0.29) is 11.5 Å². The van der Waals surface area contributed by atoms with Crippen molar-refractivity contribution in [2.45, 2.75) is 18.7 Å². The number of halogens is 1. The van der Waals surface area contributed by atoms with Gasteiger partial charge in [0.25, 0.3) is 0 Å². The third kappa shape index (κ3) is 5.84. The second-order valence-corrected chi connectivity index (χ2v) is 6.67. The summed E-state index contributed by atoms with van der Waals surface area (Å²) >= 11 is 3.33. The molecular formula is C13H16BrNO5S. The van der Waals surface area contributed by atoms with Crippen LogP contribution in [0.3, 0.4) is 0 Å². The first-order chi connectivity index (χ1) is 9.83. The number of benzene rings is 1. The highest BCUT2D eigenvalue weighted by Crippen LogP contribution is 2.26. The molecule has 0 bridgehead atoms. The van der Waals surface area contributed by atoms with E-state index in [1.807, 2.05) is 0 Å². The topological polar surface area (TPSA) is 92.7 Å². The van der Waals surface area contributed by atoms with E-state index in [9.17, 15) is 13.8 Å². The second-order valence-electron chi connectivity index (χ2n) is 4.31. The minimum absolute atomic E-state index is 0.140. The van der Waals surface area contributed by atoms with Crippen LogP contribution >= 0.6 is 15.9 Å². The van der Waals surface area contributed by atoms with Crippen molar-refractivity contribution in [2.24, 2.45) is 0 Å². The molecule has 1 aromatic rings. The number of aliphatic carboxylic acids is 1. The van der Waals surface area contributed by atoms with E-state index in [2.05, 4.69) is 21.2 Å². The molecule has 0 aromatic heterocycles. The van der Waals surface area contributed by atoms with Crippen LogP contribution in [0.2, 0.25) is 0 Å². The van der Waals surface area contributed by atoms with E-state index in [1.54, 1.807) is 25.3 Å². The van der Waals surface area contributed by atoms with Gasteiger partial charge >= 0.3 is 5.97 Å². The molecule has 0 saturated heterocycles. The molecule has 0 spiro atoms. The smallest absolute Gasteiger partial charge is 0.327 e. The fourth-order valence-corrected chi connectivity index (χ4v) is 3.51. The van der Waals surface area contributed by atoms with Gasteiger partial charge in [0.05, 0.1) is 17.3 Å². The maximum Gasteiger partial charge on any atom is 0.327 e. The summed E-state index contributed by atoms with van der Waals surface area (Å²) in [5, 5.41) is 11.2. The summed E-state index contributed by atoms with van der Waals surface area (Å²) in [7, 11) is 0.132. The van der Waals surface area contributed by atoms with Crippen LogP contribution in [0.25, 0.3) is 0 Å². The number of ether oxygens (including phenoxy) is 1. The lowest BCUT2D eigenvalue weighted by molar-refractivity contribution is -0.140. The Morgan fingerprint density at radius 1 is 1.48 bits per heavy atom. The summed E-state index contributed by atoms with van der Waals surface area (Å²) in [4.78, 5) is 21.9. The minimum Gasteiger partial charge on any atom is -0.496 e. The highest BCUT2D eigenvalue weighted by atomic mass is 79.9. The normalized spacial score (nSPS) is 13.3. The zero-order valence-electron chi connectivity index (χ0n) is 11.6. The minimum atomic E-state index is -1.41. The third-order valence-corrected chi connectivity index (χ3v) is 4.55. The summed E-state index contributed by atoms with van der Waals surface area (Å²) < 4.78 is 17.9. The Hall–Kier alpha value is -1.41. The van der Waals surface area contributed by atoms with Crippen LogP contribution in [-0.4, -0.2) is 40.1 Å². The summed E-state index contributed by atoms with van der Waals surface area (Å²) in [6, 6.07) is 4.12. The number of carbonyl (C=O) groups excluding carboxylic acids is 1. The molecule has 2 N–H and O–H groups in total. The number of carbonyl (C=O) groups is 2. The standard InChI is InChI=1S/C13H16BrNO5S/c1-8(16)15-11(13(17)18)7-21(19)6-9-3-4-12(20-2)10(14)5-9/h3-5,11H,6-7H2,1-2H3,(H,15,16)(H,17,18)/t11-,21?/m0/s1. The van der Waals surface area contributed by atoms with Gasteiger partial charge in [-0.05, 0) is 33.6 Å². The predicted octanol–water partition coefficient (Wildman–Crippen LogP) is 1.30. The molecule has 0 saturated carbocycles. The molecule has 0 aliphatic rings. The maximum absolute atomic E-state index is 12.0. The highest BCUT2D eigenvalue weighted by Gasteiger charge is 2.21. The molecule has 1 aromatic carbocycles. The van der Waals surface area contributed by atoms with Crippen LogP contribution in [0.1, 0.15) is 12.5 Å². The Kier molecular flexibility index (Phi) is 6.83. The molecule has 2 atom stereocenters. The Morgan fingerprint density at radius 3 is 2.62 bits per heavy atom. The molecule has 0 aliphatic heterocycles. The van der Waals surface area contributed by atoms with Gasteiger partial charge in [0.2, 0.25) is 5.91 Å². The number of nitrogens with one attached hydrogen (secondary N) is 1. The van der Waals surface area contributed by atoms with E-state index in [0.29, 0.717) is 5.75 Å². The molecule has 1 unspecified atom stereocenters. The van der Waals surface area contributed by atoms with Crippen molar-refractivity contribution in [2.75, 3.05) is 12.9 Å². The van der Waals surface area contributed by atoms with Crippen molar-refractivity contribution in [1.82, 2.24) is 5.32 Å². The van der Waals surface area contributed by atoms with E-state index in [1.165, 1.54) is 6.92 Å². The maximum atomic E-state index is 12.0. The summed E-state index contributed by atoms with van der Waals surface area (Å²) in [6.45, 7) is 1.22. The van der Waals surface area contributed by atoms with Crippen LogP contribution in [0.4, 0.5) is 0 Å². The third-order valence-electron chi connectivity index (χ3n) is 2.57. The first-order valence-corrected chi connectivity index (χ1v) is 8.29. The van der Waals surface area contributed by atoms with E-state index in [4.69, 9.17) is 9.84 Å². The quantitative estimate of drug-likeness (QED) is 0.746. The Bertz CT molecular complexity index is 563. The molecule has 0 radical (unpaired) electrons. The molecule has 21 heavy (non-hydrogen) atoms. The van der Waals surface area contributed by atoms with Gasteiger partial charge in [-0.2, -0.15) is 0 Å². The van der Waals surface area contributed by atoms with Gasteiger partial charge in [-0.15, -0.1) is 0 Å². The lowest BCUT2D eigenvalue weighted by atomic mass is 10.2. The van der Waals surface area contributed by atoms with Gasteiger partial charge in [0, 0.05) is 23.5 Å². The van der Waals surface area contributed by atoms with Crippen molar-refractivity contribution in [1.29, 1.82) is 0 Å². The SMILES string of the molecule is COc1ccc(CS(=O)C[C@H](NC(C)=O)C(=O)O)cc1Br. The van der Waals surface area contributed by atoms with Crippen molar-refractivity contribution in [3.05, 3.63) is 28.2 Å². The number of hydrogen-bond donors (Lipinski definition) is 2. The fraction of sp³-hybridized carbons (Fsp3) is 0.385. The Morgan fingerprint density at radius 2 is 2.14 bits per heavy atom. The molecular weight excluding hydrogens is 362 g/mol. The van der Waals surface area contributed by atoms with E-state index < -0.39 is 28.7 Å². The Balaban J connectivity index is 2.69. The van der Waals surface area contributed by atoms with Crippen molar-refractivity contribution in [3.8, 4) is 5.75 Å². The molecule has 1 amide bonds. The van der Waals surface area contributed by atoms with Crippen molar-refractivity contribution in [3.63, 3.8) is 0 Å². The first-order valence-electron chi connectivity index (χ1n) is 6.00. The molecule has 0 aliphatic carbocycles. The zero-order valence-corrected chi connectivity index (χ0v) is 14.0. The van der Waals surface area contributed by atoms with Gasteiger partial charge in [-0.1, -0.05) is 6.07 Å². The molecule has 8 heteroatoms. The average Bonchev–Trinajstić information content (AvgIpc) is 2.37. The van der Waals surface area contributed by atoms with Crippen LogP contribution < -0.4 is 10.1 Å². The average molecular weight is 378 g/mol. The predicted molar refractivity (Wildman–Crippen MR) is 82.6 cm³/mol. The number of carboxylic acid groups (broad SMARTS) is 1. The molecule has 0 fully saturated rings. The first kappa shape index (κ1) is 17.6. The van der Waals surface area contributed by atoms with Crippen LogP contribution in [0.5, 0.6) is 5.75 Å². The lowest BCUT2D eigenvalue weighted by Gasteiger charge is -2.13. The second kappa shape index (κ2) is 8.14. The fourth-order valence-electron chi connectivity index (χ4n) is 1.65. The molecule has 0 heterocycles.